The second-order valence-corrected chi connectivity index (χ2v) is 4.10. The Morgan fingerprint density at radius 3 is 3.12 bits per heavy atom. The van der Waals surface area contributed by atoms with Crippen LogP contribution in [0.3, 0.4) is 0 Å². The molecule has 0 radical (unpaired) electrons. The van der Waals surface area contributed by atoms with Gasteiger partial charge < -0.3 is 20.8 Å². The highest BCUT2D eigenvalue weighted by atomic mass is 16.3. The van der Waals surface area contributed by atoms with Gasteiger partial charge in [0.15, 0.2) is 0 Å². The van der Waals surface area contributed by atoms with Crippen LogP contribution in [0.15, 0.2) is 18.2 Å². The summed E-state index contributed by atoms with van der Waals surface area (Å²) in [5.41, 5.74) is 2.78. The number of carbonyl (C=O) groups is 1. The van der Waals surface area contributed by atoms with Crippen LogP contribution in [0, 0.1) is 0 Å². The first-order chi connectivity index (χ1) is 8.20. The third kappa shape index (κ3) is 2.75. The minimum absolute atomic E-state index is 0.0554. The van der Waals surface area contributed by atoms with Crippen LogP contribution in [-0.4, -0.2) is 41.9 Å². The van der Waals surface area contributed by atoms with Crippen molar-refractivity contribution in [2.45, 2.75) is 12.5 Å². The Kier molecular flexibility index (Phi) is 3.61. The zero-order valence-electron chi connectivity index (χ0n) is 9.44. The SMILES string of the molecule is O=C(NCC(O)CO)c1ccc2c(c1)NCC2. The lowest BCUT2D eigenvalue weighted by Crippen LogP contribution is -2.33. The molecular formula is C12H16N2O3. The van der Waals surface area contributed by atoms with Crippen molar-refractivity contribution in [3.05, 3.63) is 29.3 Å². The molecule has 17 heavy (non-hydrogen) atoms. The van der Waals surface area contributed by atoms with Crippen LogP contribution in [0.5, 0.6) is 0 Å². The molecule has 1 aromatic rings. The second kappa shape index (κ2) is 5.16. The van der Waals surface area contributed by atoms with Gasteiger partial charge in [0.1, 0.15) is 0 Å². The summed E-state index contributed by atoms with van der Waals surface area (Å²) in [5, 5.41) is 23.5. The fourth-order valence-corrected chi connectivity index (χ4v) is 1.81. The van der Waals surface area contributed by atoms with Gasteiger partial charge in [-0.15, -0.1) is 0 Å². The van der Waals surface area contributed by atoms with Crippen molar-refractivity contribution in [2.75, 3.05) is 25.0 Å². The molecule has 1 aromatic carbocycles. The molecule has 0 spiro atoms. The molecule has 1 amide bonds. The Hall–Kier alpha value is -1.59. The van der Waals surface area contributed by atoms with Crippen molar-refractivity contribution in [2.24, 2.45) is 0 Å². The molecule has 0 bridgehead atoms. The van der Waals surface area contributed by atoms with Crippen LogP contribution in [0.4, 0.5) is 5.69 Å². The summed E-state index contributed by atoms with van der Waals surface area (Å²) in [6.07, 6.45) is 0.0759. The Labute approximate surface area is 99.5 Å². The standard InChI is InChI=1S/C12H16N2O3/c15-7-10(16)6-14-12(17)9-2-1-8-3-4-13-11(8)5-9/h1-2,5,10,13,15-16H,3-4,6-7H2,(H,14,17). The molecule has 92 valence electrons. The fraction of sp³-hybridized carbons (Fsp3) is 0.417. The number of fused-ring (bicyclic) bond motifs is 1. The second-order valence-electron chi connectivity index (χ2n) is 4.10. The first-order valence-electron chi connectivity index (χ1n) is 5.64. The fourth-order valence-electron chi connectivity index (χ4n) is 1.81. The van der Waals surface area contributed by atoms with E-state index >= 15 is 0 Å². The molecule has 1 aliphatic heterocycles. The van der Waals surface area contributed by atoms with E-state index in [9.17, 15) is 4.79 Å². The van der Waals surface area contributed by atoms with E-state index < -0.39 is 6.10 Å². The maximum absolute atomic E-state index is 11.7. The minimum Gasteiger partial charge on any atom is -0.394 e. The molecule has 1 unspecified atom stereocenters. The molecule has 0 fully saturated rings. The molecule has 0 aromatic heterocycles. The quantitative estimate of drug-likeness (QED) is 0.580. The number of anilines is 1. The molecule has 1 aliphatic rings. The lowest BCUT2D eigenvalue weighted by Gasteiger charge is -2.09. The van der Waals surface area contributed by atoms with Crippen LogP contribution in [0.2, 0.25) is 0 Å². The number of aliphatic hydroxyl groups is 2. The van der Waals surface area contributed by atoms with Gasteiger partial charge in [-0.3, -0.25) is 4.79 Å². The summed E-state index contributed by atoms with van der Waals surface area (Å²) >= 11 is 0. The third-order valence-corrected chi connectivity index (χ3v) is 2.79. The van der Waals surface area contributed by atoms with Crippen LogP contribution in [-0.2, 0) is 6.42 Å². The number of benzene rings is 1. The zero-order chi connectivity index (χ0) is 12.3. The number of aliphatic hydroxyl groups excluding tert-OH is 2. The predicted molar refractivity (Wildman–Crippen MR) is 64.1 cm³/mol. The van der Waals surface area contributed by atoms with Gasteiger partial charge >= 0.3 is 0 Å². The number of hydrogen-bond donors (Lipinski definition) is 4. The summed E-state index contributed by atoms with van der Waals surface area (Å²) in [4.78, 5) is 11.7. The van der Waals surface area contributed by atoms with Gasteiger partial charge in [0.25, 0.3) is 5.91 Å². The minimum atomic E-state index is -0.911. The van der Waals surface area contributed by atoms with E-state index in [0.717, 1.165) is 18.7 Å². The highest BCUT2D eigenvalue weighted by molar-refractivity contribution is 5.95. The molecule has 0 saturated carbocycles. The molecule has 0 aliphatic carbocycles. The Balaban J connectivity index is 2.00. The average molecular weight is 236 g/mol. The number of hydrogen-bond acceptors (Lipinski definition) is 4. The molecule has 5 heteroatoms. The van der Waals surface area contributed by atoms with Crippen LogP contribution in [0.1, 0.15) is 15.9 Å². The van der Waals surface area contributed by atoms with E-state index in [0.29, 0.717) is 5.56 Å². The first kappa shape index (κ1) is 11.9. The van der Waals surface area contributed by atoms with Gasteiger partial charge in [-0.05, 0) is 24.1 Å². The third-order valence-electron chi connectivity index (χ3n) is 2.79. The van der Waals surface area contributed by atoms with E-state index in [2.05, 4.69) is 10.6 Å². The Bertz CT molecular complexity index is 420. The van der Waals surface area contributed by atoms with Gasteiger partial charge in [-0.1, -0.05) is 6.07 Å². The Morgan fingerprint density at radius 2 is 2.35 bits per heavy atom. The highest BCUT2D eigenvalue weighted by Crippen LogP contribution is 2.22. The lowest BCUT2D eigenvalue weighted by molar-refractivity contribution is 0.0802. The summed E-state index contributed by atoms with van der Waals surface area (Å²) in [7, 11) is 0. The van der Waals surface area contributed by atoms with Crippen LogP contribution >= 0.6 is 0 Å². The molecular weight excluding hydrogens is 220 g/mol. The predicted octanol–water partition coefficient (Wildman–Crippen LogP) is -0.262. The monoisotopic (exact) mass is 236 g/mol. The van der Waals surface area contributed by atoms with Gasteiger partial charge in [0, 0.05) is 24.3 Å². The van der Waals surface area contributed by atoms with Gasteiger partial charge in [-0.25, -0.2) is 0 Å². The lowest BCUT2D eigenvalue weighted by atomic mass is 10.1. The normalized spacial score (nSPS) is 14.9. The van der Waals surface area contributed by atoms with Crippen molar-refractivity contribution in [1.82, 2.24) is 5.32 Å². The topological polar surface area (TPSA) is 81.6 Å². The van der Waals surface area contributed by atoms with Gasteiger partial charge in [0.05, 0.1) is 12.7 Å². The average Bonchev–Trinajstić information content (AvgIpc) is 2.82. The summed E-state index contributed by atoms with van der Waals surface area (Å²) in [6.45, 7) is 0.607. The highest BCUT2D eigenvalue weighted by Gasteiger charge is 2.13. The first-order valence-corrected chi connectivity index (χ1v) is 5.64. The number of carbonyl (C=O) groups excluding carboxylic acids is 1. The van der Waals surface area contributed by atoms with E-state index in [-0.39, 0.29) is 19.1 Å². The van der Waals surface area contributed by atoms with Crippen molar-refractivity contribution in [1.29, 1.82) is 0 Å². The van der Waals surface area contributed by atoms with Crippen molar-refractivity contribution >= 4 is 11.6 Å². The maximum atomic E-state index is 11.7. The summed E-state index contributed by atoms with van der Waals surface area (Å²) < 4.78 is 0. The van der Waals surface area contributed by atoms with Crippen molar-refractivity contribution in [3.63, 3.8) is 0 Å². The summed E-state index contributed by atoms with van der Waals surface area (Å²) in [6, 6.07) is 5.52. The zero-order valence-corrected chi connectivity index (χ0v) is 9.44. The summed E-state index contributed by atoms with van der Waals surface area (Å²) in [5.74, 6) is -0.242. The van der Waals surface area contributed by atoms with Gasteiger partial charge in [-0.2, -0.15) is 0 Å². The van der Waals surface area contributed by atoms with E-state index in [1.54, 1.807) is 6.07 Å². The van der Waals surface area contributed by atoms with E-state index in [4.69, 9.17) is 10.2 Å². The van der Waals surface area contributed by atoms with E-state index in [1.165, 1.54) is 5.56 Å². The largest absolute Gasteiger partial charge is 0.394 e. The molecule has 0 saturated heterocycles. The number of amides is 1. The van der Waals surface area contributed by atoms with Gasteiger partial charge in [0.2, 0.25) is 0 Å². The van der Waals surface area contributed by atoms with Crippen molar-refractivity contribution in [3.8, 4) is 0 Å². The van der Waals surface area contributed by atoms with Crippen molar-refractivity contribution < 1.29 is 15.0 Å². The van der Waals surface area contributed by atoms with Crippen LogP contribution < -0.4 is 10.6 Å². The number of nitrogens with one attached hydrogen (secondary N) is 2. The van der Waals surface area contributed by atoms with E-state index in [1.807, 2.05) is 12.1 Å². The Morgan fingerprint density at radius 1 is 1.53 bits per heavy atom. The molecule has 1 heterocycles. The smallest absolute Gasteiger partial charge is 0.251 e. The van der Waals surface area contributed by atoms with Crippen LogP contribution in [0.25, 0.3) is 0 Å². The molecule has 5 nitrogen and oxygen atoms in total. The molecule has 4 N–H and O–H groups in total. The maximum Gasteiger partial charge on any atom is 0.251 e. The molecule has 1 atom stereocenters. The number of rotatable bonds is 4. The molecule has 2 rings (SSSR count).